The average molecular weight is 356 g/mol. The maximum Gasteiger partial charge on any atom is 0.246 e. The van der Waals surface area contributed by atoms with E-state index >= 15 is 0 Å². The van der Waals surface area contributed by atoms with Gasteiger partial charge in [0.2, 0.25) is 17.8 Å². The highest BCUT2D eigenvalue weighted by molar-refractivity contribution is 6.42. The van der Waals surface area contributed by atoms with Crippen LogP contribution < -0.4 is 10.6 Å². The van der Waals surface area contributed by atoms with Gasteiger partial charge in [-0.3, -0.25) is 15.1 Å². The van der Waals surface area contributed by atoms with E-state index in [1.54, 1.807) is 18.2 Å². The number of guanidine groups is 2. The summed E-state index contributed by atoms with van der Waals surface area (Å²) in [6, 6.07) is 5.33. The molecule has 0 bridgehead atoms. The number of hydrogen-bond acceptors (Lipinski definition) is 2. The van der Waals surface area contributed by atoms with Crippen molar-refractivity contribution in [3.8, 4) is 0 Å². The Bertz CT molecular complexity index is 657. The molecule has 1 amide bonds. The van der Waals surface area contributed by atoms with Crippen molar-refractivity contribution in [1.29, 1.82) is 0 Å². The van der Waals surface area contributed by atoms with E-state index < -0.39 is 0 Å². The molecule has 8 heteroatoms. The maximum absolute atomic E-state index is 11.6. The van der Waals surface area contributed by atoms with E-state index in [0.717, 1.165) is 5.69 Å². The van der Waals surface area contributed by atoms with Crippen molar-refractivity contribution in [2.75, 3.05) is 18.4 Å². The second-order valence-electron chi connectivity index (χ2n) is 5.26. The van der Waals surface area contributed by atoms with Gasteiger partial charge in [0.05, 0.1) is 10.0 Å². The standard InChI is InChI=1S/C15H19Cl2N5O/c1-4-18-14(19-10-5-6-11(16)12(17)7-10)21-15-20-13(23)8-22(15)9(2)3/h5-7,9H,4,8H2,1-3H3,(H2,18,19,20,21,23). The lowest BCUT2D eigenvalue weighted by molar-refractivity contribution is -0.118. The van der Waals surface area contributed by atoms with E-state index in [4.69, 9.17) is 23.2 Å². The molecule has 0 spiro atoms. The van der Waals surface area contributed by atoms with Gasteiger partial charge in [-0.15, -0.1) is 0 Å². The summed E-state index contributed by atoms with van der Waals surface area (Å²) >= 11 is 11.9. The van der Waals surface area contributed by atoms with Crippen molar-refractivity contribution in [3.05, 3.63) is 28.2 Å². The van der Waals surface area contributed by atoms with Gasteiger partial charge in [-0.1, -0.05) is 23.2 Å². The Morgan fingerprint density at radius 3 is 2.74 bits per heavy atom. The van der Waals surface area contributed by atoms with Gasteiger partial charge in [-0.05, 0) is 39.0 Å². The molecule has 0 unspecified atom stereocenters. The third-order valence-electron chi connectivity index (χ3n) is 3.16. The van der Waals surface area contributed by atoms with Crippen molar-refractivity contribution >= 4 is 46.7 Å². The number of nitrogens with one attached hydrogen (secondary N) is 2. The molecule has 1 aromatic carbocycles. The van der Waals surface area contributed by atoms with E-state index in [2.05, 4.69) is 20.6 Å². The molecule has 1 aliphatic rings. The molecule has 0 saturated carbocycles. The van der Waals surface area contributed by atoms with Crippen molar-refractivity contribution < 1.29 is 4.79 Å². The Morgan fingerprint density at radius 1 is 1.39 bits per heavy atom. The number of rotatable bonds is 3. The number of anilines is 1. The fraction of sp³-hybridized carbons (Fsp3) is 0.400. The first kappa shape index (κ1) is 17.6. The molecule has 6 nitrogen and oxygen atoms in total. The molecule has 1 fully saturated rings. The molecule has 124 valence electrons. The van der Waals surface area contributed by atoms with Crippen molar-refractivity contribution in [2.24, 2.45) is 9.98 Å². The van der Waals surface area contributed by atoms with Crippen molar-refractivity contribution in [3.63, 3.8) is 0 Å². The van der Waals surface area contributed by atoms with E-state index in [-0.39, 0.29) is 11.9 Å². The zero-order chi connectivity index (χ0) is 17.0. The summed E-state index contributed by atoms with van der Waals surface area (Å²) in [7, 11) is 0. The Hall–Kier alpha value is -1.79. The number of carbonyl (C=O) groups excluding carboxylic acids is 1. The molecule has 1 saturated heterocycles. The van der Waals surface area contributed by atoms with Gasteiger partial charge < -0.3 is 10.2 Å². The predicted molar refractivity (Wildman–Crippen MR) is 95.5 cm³/mol. The lowest BCUT2D eigenvalue weighted by Gasteiger charge is -2.21. The third kappa shape index (κ3) is 4.59. The third-order valence-corrected chi connectivity index (χ3v) is 3.90. The number of amides is 1. The van der Waals surface area contributed by atoms with E-state index in [9.17, 15) is 4.79 Å². The first-order valence-corrected chi connectivity index (χ1v) is 8.08. The largest absolute Gasteiger partial charge is 0.331 e. The highest BCUT2D eigenvalue weighted by atomic mass is 35.5. The van der Waals surface area contributed by atoms with Crippen LogP contribution in [0.2, 0.25) is 10.0 Å². The fourth-order valence-corrected chi connectivity index (χ4v) is 2.34. The first-order chi connectivity index (χ1) is 10.9. The number of aliphatic imine (C=N–C) groups is 2. The zero-order valence-electron chi connectivity index (χ0n) is 13.2. The van der Waals surface area contributed by atoms with Crippen LogP contribution in [0.25, 0.3) is 0 Å². The number of benzene rings is 1. The SMILES string of the molecule is CCN=C(/N=C1/NC(=O)CN1C(C)C)Nc1ccc(Cl)c(Cl)c1. The fourth-order valence-electron chi connectivity index (χ4n) is 2.04. The van der Waals surface area contributed by atoms with Crippen LogP contribution in [0.15, 0.2) is 28.2 Å². The lowest BCUT2D eigenvalue weighted by atomic mass is 10.3. The first-order valence-electron chi connectivity index (χ1n) is 7.32. The summed E-state index contributed by atoms with van der Waals surface area (Å²) in [5.41, 5.74) is 0.719. The average Bonchev–Trinajstić information content (AvgIpc) is 2.84. The smallest absolute Gasteiger partial charge is 0.246 e. The van der Waals surface area contributed by atoms with Crippen LogP contribution in [-0.2, 0) is 4.79 Å². The number of nitrogens with zero attached hydrogens (tertiary/aromatic N) is 3. The molecule has 0 atom stereocenters. The summed E-state index contributed by atoms with van der Waals surface area (Å²) in [5, 5.41) is 6.76. The highest BCUT2D eigenvalue weighted by Crippen LogP contribution is 2.25. The number of carbonyl (C=O) groups is 1. The Balaban J connectivity index is 2.24. The minimum absolute atomic E-state index is 0.0807. The van der Waals surface area contributed by atoms with Gasteiger partial charge in [0.1, 0.15) is 6.54 Å². The molecular weight excluding hydrogens is 337 g/mol. The molecule has 0 aromatic heterocycles. The Morgan fingerprint density at radius 2 is 2.13 bits per heavy atom. The highest BCUT2D eigenvalue weighted by Gasteiger charge is 2.27. The summed E-state index contributed by atoms with van der Waals surface area (Å²) in [6.07, 6.45) is 0. The van der Waals surface area contributed by atoms with E-state index in [1.165, 1.54) is 0 Å². The van der Waals surface area contributed by atoms with Crippen molar-refractivity contribution in [1.82, 2.24) is 10.2 Å². The van der Waals surface area contributed by atoms with Crippen LogP contribution in [0.3, 0.4) is 0 Å². The van der Waals surface area contributed by atoms with E-state index in [0.29, 0.717) is 35.1 Å². The maximum atomic E-state index is 11.6. The minimum atomic E-state index is -0.0807. The summed E-state index contributed by atoms with van der Waals surface area (Å²) in [5.74, 6) is 0.807. The minimum Gasteiger partial charge on any atom is -0.331 e. The van der Waals surface area contributed by atoms with Crippen LogP contribution in [0.4, 0.5) is 5.69 Å². The van der Waals surface area contributed by atoms with Gasteiger partial charge in [0.15, 0.2) is 0 Å². The molecule has 23 heavy (non-hydrogen) atoms. The van der Waals surface area contributed by atoms with E-state index in [1.807, 2.05) is 25.7 Å². The second-order valence-corrected chi connectivity index (χ2v) is 6.07. The molecule has 2 rings (SSSR count). The molecular formula is C15H19Cl2N5O. The van der Waals surface area contributed by atoms with Gasteiger partial charge in [0, 0.05) is 18.3 Å². The quantitative estimate of drug-likeness (QED) is 0.646. The molecule has 0 aliphatic carbocycles. The summed E-state index contributed by atoms with van der Waals surface area (Å²) in [6.45, 7) is 6.75. The normalized spacial score (nSPS) is 17.1. The molecule has 1 aromatic rings. The second kappa shape index (κ2) is 7.66. The Kier molecular flexibility index (Phi) is 5.85. The van der Waals surface area contributed by atoms with Crippen LogP contribution in [0.5, 0.6) is 0 Å². The lowest BCUT2D eigenvalue weighted by Crippen LogP contribution is -2.36. The van der Waals surface area contributed by atoms with Gasteiger partial charge in [-0.25, -0.2) is 0 Å². The summed E-state index contributed by atoms with van der Waals surface area (Å²) in [4.78, 5) is 22.3. The topological polar surface area (TPSA) is 69.1 Å². The zero-order valence-corrected chi connectivity index (χ0v) is 14.7. The number of halogens is 2. The number of hydrogen-bond donors (Lipinski definition) is 2. The summed E-state index contributed by atoms with van der Waals surface area (Å²) < 4.78 is 0. The molecule has 1 aliphatic heterocycles. The van der Waals surface area contributed by atoms with Crippen LogP contribution >= 0.6 is 23.2 Å². The van der Waals surface area contributed by atoms with Gasteiger partial charge >= 0.3 is 0 Å². The molecule has 0 radical (unpaired) electrons. The van der Waals surface area contributed by atoms with Crippen LogP contribution in [0, 0.1) is 0 Å². The Labute approximate surface area is 145 Å². The monoisotopic (exact) mass is 355 g/mol. The van der Waals surface area contributed by atoms with Crippen LogP contribution in [-0.4, -0.2) is 41.9 Å². The van der Waals surface area contributed by atoms with Crippen LogP contribution in [0.1, 0.15) is 20.8 Å². The molecule has 1 heterocycles. The van der Waals surface area contributed by atoms with Gasteiger partial charge in [0.25, 0.3) is 0 Å². The van der Waals surface area contributed by atoms with Gasteiger partial charge in [-0.2, -0.15) is 4.99 Å². The predicted octanol–water partition coefficient (Wildman–Crippen LogP) is 2.98. The van der Waals surface area contributed by atoms with Crippen molar-refractivity contribution in [2.45, 2.75) is 26.8 Å². The molecule has 2 N–H and O–H groups in total.